The van der Waals surface area contributed by atoms with E-state index in [0.717, 1.165) is 24.8 Å². The van der Waals surface area contributed by atoms with Crippen molar-refractivity contribution < 1.29 is 4.74 Å². The number of ether oxygens (including phenoxy) is 1. The maximum atomic E-state index is 5.48. The molecule has 0 radical (unpaired) electrons. The second kappa shape index (κ2) is 8.31. The first-order valence-corrected chi connectivity index (χ1v) is 8.24. The molecule has 0 amide bonds. The fourth-order valence-electron chi connectivity index (χ4n) is 3.13. The lowest BCUT2D eigenvalue weighted by Gasteiger charge is -2.23. The number of hydrogen-bond acceptors (Lipinski definition) is 2. The van der Waals surface area contributed by atoms with Gasteiger partial charge in [-0.1, -0.05) is 37.8 Å². The lowest BCUT2D eigenvalue weighted by molar-refractivity contribution is 0.335. The van der Waals surface area contributed by atoms with Crippen LogP contribution in [0.5, 0.6) is 5.75 Å². The van der Waals surface area contributed by atoms with Crippen LogP contribution in [0.2, 0.25) is 0 Å². The zero-order valence-corrected chi connectivity index (χ0v) is 13.0. The summed E-state index contributed by atoms with van der Waals surface area (Å²) in [5.74, 6) is 1.83. The van der Waals surface area contributed by atoms with Crippen LogP contribution in [0.25, 0.3) is 0 Å². The number of hydrogen-bond donors (Lipinski definition) is 1. The van der Waals surface area contributed by atoms with E-state index in [-0.39, 0.29) is 0 Å². The molecule has 2 heteroatoms. The molecule has 0 bridgehead atoms. The van der Waals surface area contributed by atoms with Crippen LogP contribution in [0.4, 0.5) is 0 Å². The van der Waals surface area contributed by atoms with Gasteiger partial charge in [-0.25, -0.2) is 0 Å². The molecule has 112 valence electrons. The third kappa shape index (κ3) is 4.82. The van der Waals surface area contributed by atoms with E-state index >= 15 is 0 Å². The topological polar surface area (TPSA) is 21.3 Å². The summed E-state index contributed by atoms with van der Waals surface area (Å²) >= 11 is 0. The number of nitrogens with one attached hydrogen (secondary N) is 1. The van der Waals surface area contributed by atoms with Crippen molar-refractivity contribution in [1.29, 1.82) is 0 Å². The second-order valence-corrected chi connectivity index (χ2v) is 6.00. The van der Waals surface area contributed by atoms with Gasteiger partial charge in [0.25, 0.3) is 0 Å². The van der Waals surface area contributed by atoms with Crippen molar-refractivity contribution in [3.63, 3.8) is 0 Å². The van der Waals surface area contributed by atoms with E-state index in [2.05, 4.69) is 36.5 Å². The molecule has 0 spiro atoms. The van der Waals surface area contributed by atoms with Gasteiger partial charge in [-0.2, -0.15) is 0 Å². The van der Waals surface area contributed by atoms with Crippen LogP contribution in [0, 0.1) is 5.92 Å². The largest absolute Gasteiger partial charge is 0.494 e. The van der Waals surface area contributed by atoms with Crippen molar-refractivity contribution in [2.24, 2.45) is 5.92 Å². The Morgan fingerprint density at radius 3 is 2.35 bits per heavy atom. The summed E-state index contributed by atoms with van der Waals surface area (Å²) in [4.78, 5) is 0. The van der Waals surface area contributed by atoms with E-state index in [1.54, 1.807) is 0 Å². The minimum absolute atomic E-state index is 0.625. The highest BCUT2D eigenvalue weighted by Gasteiger charge is 2.18. The van der Waals surface area contributed by atoms with Gasteiger partial charge in [0.15, 0.2) is 0 Å². The van der Waals surface area contributed by atoms with Gasteiger partial charge in [0.2, 0.25) is 0 Å². The van der Waals surface area contributed by atoms with E-state index in [4.69, 9.17) is 4.74 Å². The molecule has 0 unspecified atom stereocenters. The molecule has 0 heterocycles. The first-order chi connectivity index (χ1) is 9.79. The maximum absolute atomic E-state index is 5.48. The highest BCUT2D eigenvalue weighted by molar-refractivity contribution is 5.27. The minimum Gasteiger partial charge on any atom is -0.494 e. The molecule has 1 aromatic carbocycles. The molecule has 1 aliphatic carbocycles. The van der Waals surface area contributed by atoms with E-state index in [1.165, 1.54) is 44.1 Å². The Labute approximate surface area is 123 Å². The molecule has 1 fully saturated rings. The molecule has 0 saturated heterocycles. The Kier molecular flexibility index (Phi) is 6.38. The summed E-state index contributed by atoms with van der Waals surface area (Å²) in [7, 11) is 0. The molecule has 1 aromatic rings. The van der Waals surface area contributed by atoms with E-state index in [9.17, 15) is 0 Å². The van der Waals surface area contributed by atoms with Crippen LogP contribution in [-0.2, 0) is 6.54 Å². The lowest BCUT2D eigenvalue weighted by Crippen LogP contribution is -2.32. The Morgan fingerprint density at radius 2 is 1.75 bits per heavy atom. The zero-order chi connectivity index (χ0) is 14.2. The van der Waals surface area contributed by atoms with Gasteiger partial charge in [-0.15, -0.1) is 0 Å². The van der Waals surface area contributed by atoms with Crippen LogP contribution in [0.3, 0.4) is 0 Å². The molecule has 1 aliphatic rings. The summed E-state index contributed by atoms with van der Waals surface area (Å²) < 4.78 is 5.48. The van der Waals surface area contributed by atoms with Gasteiger partial charge in [0, 0.05) is 12.6 Å². The second-order valence-electron chi connectivity index (χ2n) is 6.00. The molecular formula is C18H29NO. The Bertz CT molecular complexity index is 366. The predicted octanol–water partition coefficient (Wildman–Crippen LogP) is 4.53. The minimum atomic E-state index is 0.625. The van der Waals surface area contributed by atoms with Crippen LogP contribution in [-0.4, -0.2) is 12.6 Å². The van der Waals surface area contributed by atoms with Crippen molar-refractivity contribution in [2.75, 3.05) is 6.61 Å². The predicted molar refractivity (Wildman–Crippen MR) is 85.1 cm³/mol. The smallest absolute Gasteiger partial charge is 0.119 e. The van der Waals surface area contributed by atoms with Crippen molar-refractivity contribution >= 4 is 0 Å². The first kappa shape index (κ1) is 15.4. The number of rotatable bonds is 6. The standard InChI is InChI=1S/C18H29NO/c1-3-20-18-12-10-16(11-13-18)14-19-15(2)17-8-6-4-5-7-9-17/h10-13,15,17,19H,3-9,14H2,1-2H3/t15-/m1/s1. The summed E-state index contributed by atoms with van der Waals surface area (Å²) in [6, 6.07) is 9.09. The van der Waals surface area contributed by atoms with E-state index < -0.39 is 0 Å². The van der Waals surface area contributed by atoms with Gasteiger partial charge in [-0.3, -0.25) is 0 Å². The maximum Gasteiger partial charge on any atom is 0.119 e. The van der Waals surface area contributed by atoms with Crippen molar-refractivity contribution in [1.82, 2.24) is 5.32 Å². The van der Waals surface area contributed by atoms with Crippen molar-refractivity contribution in [3.05, 3.63) is 29.8 Å². The summed E-state index contributed by atoms with van der Waals surface area (Å²) in [6.07, 6.45) is 8.50. The summed E-state index contributed by atoms with van der Waals surface area (Å²) in [5.41, 5.74) is 1.34. The van der Waals surface area contributed by atoms with Crippen LogP contribution < -0.4 is 10.1 Å². The third-order valence-corrected chi connectivity index (χ3v) is 4.47. The average Bonchev–Trinajstić information content (AvgIpc) is 2.76. The van der Waals surface area contributed by atoms with Gasteiger partial charge in [0.1, 0.15) is 5.75 Å². The Balaban J connectivity index is 1.78. The number of benzene rings is 1. The molecule has 2 nitrogen and oxygen atoms in total. The van der Waals surface area contributed by atoms with Crippen molar-refractivity contribution in [3.8, 4) is 5.75 Å². The average molecular weight is 275 g/mol. The molecule has 2 rings (SSSR count). The molecule has 1 N–H and O–H groups in total. The quantitative estimate of drug-likeness (QED) is 0.770. The van der Waals surface area contributed by atoms with Crippen molar-refractivity contribution in [2.45, 2.75) is 65.0 Å². The Morgan fingerprint density at radius 1 is 1.10 bits per heavy atom. The molecular weight excluding hydrogens is 246 g/mol. The molecule has 0 aromatic heterocycles. The van der Waals surface area contributed by atoms with Gasteiger partial charge < -0.3 is 10.1 Å². The lowest BCUT2D eigenvalue weighted by atomic mass is 9.93. The van der Waals surface area contributed by atoms with Crippen LogP contribution in [0.1, 0.15) is 57.9 Å². The first-order valence-electron chi connectivity index (χ1n) is 8.24. The van der Waals surface area contributed by atoms with Gasteiger partial charge in [0.05, 0.1) is 6.61 Å². The molecule has 1 saturated carbocycles. The molecule has 1 atom stereocenters. The Hall–Kier alpha value is -1.02. The summed E-state index contributed by atoms with van der Waals surface area (Å²) in [5, 5.41) is 3.71. The highest BCUT2D eigenvalue weighted by atomic mass is 16.5. The monoisotopic (exact) mass is 275 g/mol. The van der Waals surface area contributed by atoms with E-state index in [0.29, 0.717) is 6.04 Å². The van der Waals surface area contributed by atoms with Crippen LogP contribution in [0.15, 0.2) is 24.3 Å². The molecule has 0 aliphatic heterocycles. The van der Waals surface area contributed by atoms with E-state index in [1.807, 2.05) is 6.92 Å². The zero-order valence-electron chi connectivity index (χ0n) is 13.0. The third-order valence-electron chi connectivity index (χ3n) is 4.47. The van der Waals surface area contributed by atoms with Gasteiger partial charge >= 0.3 is 0 Å². The van der Waals surface area contributed by atoms with Gasteiger partial charge in [-0.05, 0) is 50.3 Å². The fourth-order valence-corrected chi connectivity index (χ4v) is 3.13. The van der Waals surface area contributed by atoms with Crippen LogP contribution >= 0.6 is 0 Å². The SMILES string of the molecule is CCOc1ccc(CN[C@H](C)C2CCCCCC2)cc1. The summed E-state index contributed by atoms with van der Waals surface area (Å²) in [6.45, 7) is 6.06. The normalized spacial score (nSPS) is 18.5. The molecule has 20 heavy (non-hydrogen) atoms. The fraction of sp³-hybridized carbons (Fsp3) is 0.667. The highest BCUT2D eigenvalue weighted by Crippen LogP contribution is 2.25.